The lowest BCUT2D eigenvalue weighted by atomic mass is 9.63. The van der Waals surface area contributed by atoms with Crippen molar-refractivity contribution in [1.29, 1.82) is 0 Å². The molecule has 0 amide bonds. The summed E-state index contributed by atoms with van der Waals surface area (Å²) in [6.07, 6.45) is 10.7. The molecule has 0 aliphatic heterocycles. The van der Waals surface area contributed by atoms with E-state index in [-0.39, 0.29) is 5.41 Å². The standard InChI is InChI=1S/C15H29NO2/c1-18-12-15(17,13-7-8-13)14(11-16)9-5-3-2-4-6-10-14/h13,17H,2-12,16H2,1H3. The Hall–Kier alpha value is -0.120. The number of rotatable bonds is 5. The minimum Gasteiger partial charge on any atom is -0.387 e. The maximum Gasteiger partial charge on any atom is 0.0975 e. The van der Waals surface area contributed by atoms with Crippen LogP contribution in [-0.4, -0.2) is 31.0 Å². The summed E-state index contributed by atoms with van der Waals surface area (Å²) < 4.78 is 5.35. The molecule has 0 heterocycles. The van der Waals surface area contributed by atoms with E-state index in [1.807, 2.05) is 0 Å². The van der Waals surface area contributed by atoms with E-state index < -0.39 is 5.60 Å². The molecule has 1 unspecified atom stereocenters. The first-order valence-corrected chi connectivity index (χ1v) is 7.60. The zero-order chi connectivity index (χ0) is 13.1. The largest absolute Gasteiger partial charge is 0.387 e. The van der Waals surface area contributed by atoms with Crippen LogP contribution in [0.4, 0.5) is 0 Å². The summed E-state index contributed by atoms with van der Waals surface area (Å²) in [5.41, 5.74) is 5.33. The van der Waals surface area contributed by atoms with Gasteiger partial charge in [-0.3, -0.25) is 0 Å². The molecule has 0 radical (unpaired) electrons. The maximum absolute atomic E-state index is 11.2. The Morgan fingerprint density at radius 3 is 2.17 bits per heavy atom. The van der Waals surface area contributed by atoms with Gasteiger partial charge in [-0.2, -0.15) is 0 Å². The van der Waals surface area contributed by atoms with Crippen molar-refractivity contribution in [3.63, 3.8) is 0 Å². The Morgan fingerprint density at radius 2 is 1.72 bits per heavy atom. The average Bonchev–Trinajstić information content (AvgIpc) is 3.13. The molecule has 106 valence electrons. The highest BCUT2D eigenvalue weighted by Crippen LogP contribution is 2.53. The van der Waals surface area contributed by atoms with E-state index in [9.17, 15) is 5.11 Å². The summed E-state index contributed by atoms with van der Waals surface area (Å²) >= 11 is 0. The molecule has 2 fully saturated rings. The van der Waals surface area contributed by atoms with E-state index in [1.54, 1.807) is 7.11 Å². The van der Waals surface area contributed by atoms with E-state index in [1.165, 1.54) is 32.1 Å². The quantitative estimate of drug-likeness (QED) is 0.793. The van der Waals surface area contributed by atoms with Crippen molar-refractivity contribution in [2.24, 2.45) is 17.1 Å². The summed E-state index contributed by atoms with van der Waals surface area (Å²) in [6, 6.07) is 0. The normalized spacial score (nSPS) is 28.2. The second kappa shape index (κ2) is 5.89. The highest BCUT2D eigenvalue weighted by atomic mass is 16.5. The molecule has 0 aromatic rings. The van der Waals surface area contributed by atoms with E-state index >= 15 is 0 Å². The third-order valence-electron chi connectivity index (χ3n) is 5.24. The average molecular weight is 255 g/mol. The fraction of sp³-hybridized carbons (Fsp3) is 1.00. The molecule has 3 N–H and O–H groups in total. The highest BCUT2D eigenvalue weighted by molar-refractivity contribution is 5.07. The molecule has 2 aliphatic carbocycles. The van der Waals surface area contributed by atoms with Gasteiger partial charge in [-0.15, -0.1) is 0 Å². The molecule has 0 spiro atoms. The molecule has 2 rings (SSSR count). The Morgan fingerprint density at radius 1 is 1.17 bits per heavy atom. The van der Waals surface area contributed by atoms with Gasteiger partial charge in [0.2, 0.25) is 0 Å². The minimum absolute atomic E-state index is 0.107. The molecule has 0 aromatic heterocycles. The summed E-state index contributed by atoms with van der Waals surface area (Å²) in [5, 5.41) is 11.2. The number of aliphatic hydroxyl groups is 1. The third-order valence-corrected chi connectivity index (χ3v) is 5.24. The number of nitrogens with two attached hydrogens (primary N) is 1. The van der Waals surface area contributed by atoms with Gasteiger partial charge in [-0.25, -0.2) is 0 Å². The molecule has 18 heavy (non-hydrogen) atoms. The molecule has 3 heteroatoms. The fourth-order valence-electron chi connectivity index (χ4n) is 3.88. The van der Waals surface area contributed by atoms with Crippen molar-refractivity contribution >= 4 is 0 Å². The lowest BCUT2D eigenvalue weighted by Gasteiger charge is -2.48. The first-order valence-electron chi connectivity index (χ1n) is 7.60. The van der Waals surface area contributed by atoms with Gasteiger partial charge in [0, 0.05) is 19.1 Å². The van der Waals surface area contributed by atoms with Gasteiger partial charge in [0.05, 0.1) is 12.2 Å². The summed E-state index contributed by atoms with van der Waals surface area (Å²) in [6.45, 7) is 1.05. The van der Waals surface area contributed by atoms with Crippen molar-refractivity contribution < 1.29 is 9.84 Å². The molecular formula is C15H29NO2. The second-order valence-corrected chi connectivity index (χ2v) is 6.38. The van der Waals surface area contributed by atoms with Crippen LogP contribution < -0.4 is 5.73 Å². The van der Waals surface area contributed by atoms with Crippen molar-refractivity contribution in [3.05, 3.63) is 0 Å². The van der Waals surface area contributed by atoms with Crippen LogP contribution in [0.25, 0.3) is 0 Å². The number of ether oxygens (including phenoxy) is 1. The predicted molar refractivity (Wildman–Crippen MR) is 73.4 cm³/mol. The lowest BCUT2D eigenvalue weighted by Crippen LogP contribution is -2.57. The fourth-order valence-corrected chi connectivity index (χ4v) is 3.88. The van der Waals surface area contributed by atoms with Crippen LogP contribution in [0.5, 0.6) is 0 Å². The van der Waals surface area contributed by atoms with Crippen LogP contribution in [0.3, 0.4) is 0 Å². The smallest absolute Gasteiger partial charge is 0.0975 e. The third kappa shape index (κ3) is 2.59. The van der Waals surface area contributed by atoms with Crippen molar-refractivity contribution in [3.8, 4) is 0 Å². The highest BCUT2D eigenvalue weighted by Gasteiger charge is 2.56. The van der Waals surface area contributed by atoms with Crippen LogP contribution in [0.15, 0.2) is 0 Å². The molecule has 0 aromatic carbocycles. The van der Waals surface area contributed by atoms with Crippen LogP contribution in [0.1, 0.15) is 57.8 Å². The monoisotopic (exact) mass is 255 g/mol. The van der Waals surface area contributed by atoms with Crippen molar-refractivity contribution in [1.82, 2.24) is 0 Å². The van der Waals surface area contributed by atoms with E-state index in [4.69, 9.17) is 10.5 Å². The topological polar surface area (TPSA) is 55.5 Å². The molecule has 2 aliphatic rings. The second-order valence-electron chi connectivity index (χ2n) is 6.38. The molecule has 1 atom stereocenters. The van der Waals surface area contributed by atoms with Crippen molar-refractivity contribution in [2.45, 2.75) is 63.4 Å². The first kappa shape index (κ1) is 14.3. The summed E-state index contributed by atoms with van der Waals surface area (Å²) in [5.74, 6) is 0.417. The molecule has 3 nitrogen and oxygen atoms in total. The Balaban J connectivity index is 2.20. The molecule has 0 bridgehead atoms. The van der Waals surface area contributed by atoms with Gasteiger partial charge in [-0.05, 0) is 31.6 Å². The van der Waals surface area contributed by atoms with Crippen LogP contribution >= 0.6 is 0 Å². The van der Waals surface area contributed by atoms with Crippen LogP contribution in [-0.2, 0) is 4.74 Å². The van der Waals surface area contributed by atoms with Crippen molar-refractivity contribution in [2.75, 3.05) is 20.3 Å². The zero-order valence-electron chi connectivity index (χ0n) is 11.8. The zero-order valence-corrected chi connectivity index (χ0v) is 11.8. The van der Waals surface area contributed by atoms with Gasteiger partial charge < -0.3 is 15.6 Å². The SMILES string of the molecule is COCC(O)(C1CC1)C1(CN)CCCCCCC1. The molecular weight excluding hydrogens is 226 g/mol. The van der Waals surface area contributed by atoms with E-state index in [0.29, 0.717) is 19.1 Å². The maximum atomic E-state index is 11.2. The van der Waals surface area contributed by atoms with Gasteiger partial charge in [-0.1, -0.05) is 32.1 Å². The molecule has 0 saturated heterocycles. The van der Waals surface area contributed by atoms with Gasteiger partial charge in [0.25, 0.3) is 0 Å². The number of methoxy groups -OCH3 is 1. The van der Waals surface area contributed by atoms with E-state index in [0.717, 1.165) is 25.7 Å². The predicted octanol–water partition coefficient (Wildman–Crippen LogP) is 2.46. The molecule has 2 saturated carbocycles. The Labute approximate surface area is 111 Å². The number of hydrogen-bond donors (Lipinski definition) is 2. The Kier molecular flexibility index (Phi) is 4.68. The van der Waals surface area contributed by atoms with Gasteiger partial charge in [0.1, 0.15) is 0 Å². The lowest BCUT2D eigenvalue weighted by molar-refractivity contribution is -0.146. The summed E-state index contributed by atoms with van der Waals surface area (Å²) in [7, 11) is 1.69. The van der Waals surface area contributed by atoms with Crippen LogP contribution in [0.2, 0.25) is 0 Å². The first-order chi connectivity index (χ1) is 8.68. The summed E-state index contributed by atoms with van der Waals surface area (Å²) in [4.78, 5) is 0. The van der Waals surface area contributed by atoms with E-state index in [2.05, 4.69) is 0 Å². The Bertz CT molecular complexity index is 257. The number of hydrogen-bond acceptors (Lipinski definition) is 3. The van der Waals surface area contributed by atoms with Gasteiger partial charge in [0.15, 0.2) is 0 Å². The van der Waals surface area contributed by atoms with Crippen LogP contribution in [0, 0.1) is 11.3 Å². The van der Waals surface area contributed by atoms with Gasteiger partial charge >= 0.3 is 0 Å². The minimum atomic E-state index is -0.687.